The maximum atomic E-state index is 13.0. The van der Waals surface area contributed by atoms with E-state index >= 15 is 0 Å². The van der Waals surface area contributed by atoms with E-state index in [0.29, 0.717) is 35.8 Å². The molecule has 0 radical (unpaired) electrons. The highest BCUT2D eigenvalue weighted by atomic mass is 19.4. The first-order valence-electron chi connectivity index (χ1n) is 11.9. The van der Waals surface area contributed by atoms with Gasteiger partial charge in [0.15, 0.2) is 0 Å². The molecule has 0 aliphatic heterocycles. The van der Waals surface area contributed by atoms with Crippen molar-refractivity contribution in [2.75, 3.05) is 10.6 Å². The van der Waals surface area contributed by atoms with Gasteiger partial charge >= 0.3 is 12.1 Å². The summed E-state index contributed by atoms with van der Waals surface area (Å²) in [4.78, 5) is 25.2. The van der Waals surface area contributed by atoms with Crippen LogP contribution >= 0.6 is 0 Å². The zero-order chi connectivity index (χ0) is 25.2. The van der Waals surface area contributed by atoms with Gasteiger partial charge < -0.3 is 25.0 Å². The largest absolute Gasteiger partial charge is 0.490 e. The van der Waals surface area contributed by atoms with E-state index in [1.807, 2.05) is 13.1 Å². The summed E-state index contributed by atoms with van der Waals surface area (Å²) in [5.41, 5.74) is -0.773. The Bertz CT molecular complexity index is 1330. The van der Waals surface area contributed by atoms with Crippen LogP contribution in [0.3, 0.4) is 0 Å². The van der Waals surface area contributed by atoms with Gasteiger partial charge in [-0.2, -0.15) is 13.2 Å². The molecule has 4 aliphatic rings. The molecule has 3 aromatic heterocycles. The first-order valence-corrected chi connectivity index (χ1v) is 11.9. The van der Waals surface area contributed by atoms with Crippen molar-refractivity contribution in [1.82, 2.24) is 19.5 Å². The molecule has 4 saturated carbocycles. The quantitative estimate of drug-likeness (QED) is 0.454. The molecule has 3 heterocycles. The fourth-order valence-electron chi connectivity index (χ4n) is 6.53. The molecule has 0 amide bonds. The average Bonchev–Trinajstić information content (AvgIpc) is 3.21. The van der Waals surface area contributed by atoms with E-state index < -0.39 is 29.8 Å². The lowest BCUT2D eigenvalue weighted by Crippen LogP contribution is -2.68. The number of esters is 1. The number of hydrogen-bond donors (Lipinski definition) is 3. The van der Waals surface area contributed by atoms with Crippen LogP contribution in [0.2, 0.25) is 0 Å². The number of carbonyl (C=O) groups excluding carboxylic acids is 1. The molecular weight excluding hydrogens is 477 g/mol. The van der Waals surface area contributed by atoms with Gasteiger partial charge in [0.2, 0.25) is 0 Å². The zero-order valence-electron chi connectivity index (χ0n) is 19.4. The lowest BCUT2D eigenvalue weighted by atomic mass is 9.51. The summed E-state index contributed by atoms with van der Waals surface area (Å²) in [6.07, 6.45) is 0.776. The Labute approximate surface area is 204 Å². The van der Waals surface area contributed by atoms with Crippen LogP contribution in [-0.2, 0) is 16.6 Å². The van der Waals surface area contributed by atoms with Gasteiger partial charge in [-0.15, -0.1) is 0 Å². The first-order chi connectivity index (χ1) is 17.1. The van der Waals surface area contributed by atoms with Crippen LogP contribution in [0.15, 0.2) is 36.9 Å². The molecule has 12 heteroatoms. The lowest BCUT2D eigenvalue weighted by Gasteiger charge is -2.61. The van der Waals surface area contributed by atoms with Crippen LogP contribution in [-0.4, -0.2) is 54.5 Å². The Kier molecular flexibility index (Phi) is 5.15. The summed E-state index contributed by atoms with van der Waals surface area (Å²) >= 11 is 0. The number of nitrogens with zero attached hydrogens (tertiary/aromatic N) is 4. The van der Waals surface area contributed by atoms with Gasteiger partial charge in [0, 0.05) is 42.9 Å². The third-order valence-corrected chi connectivity index (χ3v) is 7.72. The molecule has 9 nitrogen and oxygen atoms in total. The molecule has 6 atom stereocenters. The van der Waals surface area contributed by atoms with Gasteiger partial charge in [-0.05, 0) is 49.7 Å². The second-order valence-corrected chi connectivity index (χ2v) is 10.2. The van der Waals surface area contributed by atoms with Crippen molar-refractivity contribution in [3.8, 4) is 0 Å². The number of aliphatic hydroxyl groups is 1. The SMILES string of the molecule is Cn1cnc(Nc2cc3ncccc3c(NC3C4CC5CC3C(OC(=O)C(F)(F)F)C(O)(C5)C4)n2)c1. The van der Waals surface area contributed by atoms with Gasteiger partial charge in [-0.25, -0.2) is 14.8 Å². The minimum absolute atomic E-state index is 0.00858. The number of alkyl halides is 3. The highest BCUT2D eigenvalue weighted by Gasteiger charge is 2.63. The fourth-order valence-corrected chi connectivity index (χ4v) is 6.53. The number of ether oxygens (including phenoxy) is 1. The summed E-state index contributed by atoms with van der Waals surface area (Å²) in [6.45, 7) is 0. The van der Waals surface area contributed by atoms with Crippen molar-refractivity contribution in [3.05, 3.63) is 36.9 Å². The third-order valence-electron chi connectivity index (χ3n) is 7.72. The van der Waals surface area contributed by atoms with Crippen LogP contribution in [0.25, 0.3) is 10.9 Å². The van der Waals surface area contributed by atoms with Gasteiger partial charge in [-0.3, -0.25) is 4.98 Å². The van der Waals surface area contributed by atoms with Crippen LogP contribution in [0.4, 0.5) is 30.6 Å². The van der Waals surface area contributed by atoms with E-state index in [-0.39, 0.29) is 24.3 Å². The molecule has 4 fully saturated rings. The lowest BCUT2D eigenvalue weighted by molar-refractivity contribution is -0.249. The molecule has 3 N–H and O–H groups in total. The molecule has 4 bridgehead atoms. The number of nitrogens with one attached hydrogen (secondary N) is 2. The second kappa shape index (κ2) is 8.05. The maximum absolute atomic E-state index is 13.0. The molecule has 190 valence electrons. The standard InChI is InChI=1S/C24H25F3N6O3/c1-33-10-18(29-11-33)30-17-7-16-14(3-2-4-28-16)21(31-17)32-19-13-5-12-6-15(19)20(23(35,8-12)9-13)36-22(34)24(25,26)27/h2-4,7,10-13,15,19-20,35H,5-6,8-9H2,1H3,(H2,30,31,32). The Morgan fingerprint density at radius 3 is 2.83 bits per heavy atom. The predicted octanol–water partition coefficient (Wildman–Crippen LogP) is 3.54. The van der Waals surface area contributed by atoms with Crippen molar-refractivity contribution in [2.45, 2.75) is 49.6 Å². The third kappa shape index (κ3) is 3.93. The number of imidazole rings is 1. The van der Waals surface area contributed by atoms with Crippen molar-refractivity contribution in [2.24, 2.45) is 24.8 Å². The van der Waals surface area contributed by atoms with Crippen LogP contribution in [0, 0.1) is 17.8 Å². The fraction of sp³-hybridized carbons (Fsp3) is 0.500. The van der Waals surface area contributed by atoms with Crippen LogP contribution in [0.1, 0.15) is 25.7 Å². The summed E-state index contributed by atoms with van der Waals surface area (Å²) in [5.74, 6) is -0.929. The van der Waals surface area contributed by atoms with Gasteiger partial charge in [-0.1, -0.05) is 0 Å². The molecule has 4 aliphatic carbocycles. The Hall–Kier alpha value is -3.41. The number of carbonyl (C=O) groups is 1. The van der Waals surface area contributed by atoms with Gasteiger partial charge in [0.1, 0.15) is 29.2 Å². The number of pyridine rings is 2. The number of anilines is 3. The van der Waals surface area contributed by atoms with Gasteiger partial charge in [0.05, 0.1) is 11.8 Å². The topological polar surface area (TPSA) is 114 Å². The Morgan fingerprint density at radius 2 is 2.08 bits per heavy atom. The molecule has 7 rings (SSSR count). The zero-order valence-corrected chi connectivity index (χ0v) is 19.4. The van der Waals surface area contributed by atoms with Crippen molar-refractivity contribution in [1.29, 1.82) is 0 Å². The molecule has 0 spiro atoms. The van der Waals surface area contributed by atoms with Crippen molar-refractivity contribution < 1.29 is 27.8 Å². The number of aryl methyl sites for hydroxylation is 1. The number of hydrogen-bond acceptors (Lipinski definition) is 8. The summed E-state index contributed by atoms with van der Waals surface area (Å²) in [5, 5.41) is 18.6. The highest BCUT2D eigenvalue weighted by Crippen LogP contribution is 2.57. The highest BCUT2D eigenvalue weighted by molar-refractivity contribution is 5.91. The van der Waals surface area contributed by atoms with Crippen LogP contribution in [0.5, 0.6) is 0 Å². The van der Waals surface area contributed by atoms with Crippen LogP contribution < -0.4 is 10.6 Å². The Morgan fingerprint density at radius 1 is 1.25 bits per heavy atom. The number of rotatable bonds is 5. The van der Waals surface area contributed by atoms with E-state index in [4.69, 9.17) is 9.72 Å². The normalized spacial score (nSPS) is 31.0. The molecule has 3 aromatic rings. The van der Waals surface area contributed by atoms with E-state index in [2.05, 4.69) is 20.6 Å². The molecular formula is C24H25F3N6O3. The van der Waals surface area contributed by atoms with Gasteiger partial charge in [0.25, 0.3) is 0 Å². The molecule has 36 heavy (non-hydrogen) atoms. The second-order valence-electron chi connectivity index (χ2n) is 10.2. The van der Waals surface area contributed by atoms with E-state index in [0.717, 1.165) is 11.8 Å². The average molecular weight is 502 g/mol. The first kappa shape index (κ1) is 23.0. The number of halogens is 3. The van der Waals surface area contributed by atoms with E-state index in [1.54, 1.807) is 35.4 Å². The minimum atomic E-state index is -5.12. The monoisotopic (exact) mass is 502 g/mol. The van der Waals surface area contributed by atoms with Crippen molar-refractivity contribution in [3.63, 3.8) is 0 Å². The predicted molar refractivity (Wildman–Crippen MR) is 123 cm³/mol. The molecule has 0 aromatic carbocycles. The maximum Gasteiger partial charge on any atom is 0.490 e. The van der Waals surface area contributed by atoms with E-state index in [1.165, 1.54) is 0 Å². The smallest absolute Gasteiger partial charge is 0.452 e. The minimum Gasteiger partial charge on any atom is -0.452 e. The molecule has 6 unspecified atom stereocenters. The molecule has 0 saturated heterocycles. The number of fused-ring (bicyclic) bond motifs is 1. The summed E-state index contributed by atoms with van der Waals surface area (Å²) in [6, 6.07) is 5.12. The Balaban J connectivity index is 1.34. The summed E-state index contributed by atoms with van der Waals surface area (Å²) < 4.78 is 45.8. The number of aromatic nitrogens is 4. The van der Waals surface area contributed by atoms with Crippen molar-refractivity contribution >= 4 is 34.3 Å². The summed E-state index contributed by atoms with van der Waals surface area (Å²) in [7, 11) is 1.85. The van der Waals surface area contributed by atoms with E-state index in [9.17, 15) is 23.1 Å².